The van der Waals surface area contributed by atoms with Crippen LogP contribution in [0.4, 0.5) is 15.9 Å². The van der Waals surface area contributed by atoms with Crippen molar-refractivity contribution in [2.24, 2.45) is 10.2 Å². The van der Waals surface area contributed by atoms with Gasteiger partial charge < -0.3 is 4.74 Å². The fraction of sp³-hybridized carbons (Fsp3) is 0.176. The molecule has 6 nitrogen and oxygen atoms in total. The molecule has 24 heavy (non-hydrogen) atoms. The highest BCUT2D eigenvalue weighted by molar-refractivity contribution is 5.74. The van der Waals surface area contributed by atoms with Gasteiger partial charge in [-0.2, -0.15) is 0 Å². The Hall–Kier alpha value is -3.09. The SMILES string of the molecule is CCOC(=O)Cc1nc2ccc(F)cn2c1N=Nc1ccccc1. The predicted molar refractivity (Wildman–Crippen MR) is 86.1 cm³/mol. The number of nitrogens with zero attached hydrogens (tertiary/aromatic N) is 4. The molecule has 122 valence electrons. The molecule has 3 rings (SSSR count). The van der Waals surface area contributed by atoms with Crippen LogP contribution in [0.3, 0.4) is 0 Å². The Balaban J connectivity index is 2.03. The maximum Gasteiger partial charge on any atom is 0.312 e. The van der Waals surface area contributed by atoms with Crippen molar-refractivity contribution in [3.63, 3.8) is 0 Å². The molecular formula is C17H15FN4O2. The van der Waals surface area contributed by atoms with Gasteiger partial charge in [-0.1, -0.05) is 18.2 Å². The highest BCUT2D eigenvalue weighted by atomic mass is 19.1. The Morgan fingerprint density at radius 2 is 2.00 bits per heavy atom. The van der Waals surface area contributed by atoms with E-state index >= 15 is 0 Å². The summed E-state index contributed by atoms with van der Waals surface area (Å²) < 4.78 is 20.0. The standard InChI is InChI=1S/C17H15FN4O2/c1-2-24-16(23)10-14-17(21-20-13-6-4-3-5-7-13)22-11-12(18)8-9-15(22)19-14/h3-9,11H,2,10H2,1H3. The number of esters is 1. The maximum atomic E-state index is 13.6. The van der Waals surface area contributed by atoms with Crippen LogP contribution < -0.4 is 0 Å². The van der Waals surface area contributed by atoms with Crippen molar-refractivity contribution in [3.8, 4) is 0 Å². The number of carbonyl (C=O) groups is 1. The predicted octanol–water partition coefficient (Wildman–Crippen LogP) is 3.99. The number of hydrogen-bond donors (Lipinski definition) is 0. The Kier molecular flexibility index (Phi) is 4.60. The van der Waals surface area contributed by atoms with Gasteiger partial charge in [0, 0.05) is 6.20 Å². The van der Waals surface area contributed by atoms with Gasteiger partial charge in [0.15, 0.2) is 5.82 Å². The van der Waals surface area contributed by atoms with E-state index in [0.29, 0.717) is 22.8 Å². The summed E-state index contributed by atoms with van der Waals surface area (Å²) in [5.74, 6) is -0.544. The number of aromatic nitrogens is 2. The van der Waals surface area contributed by atoms with Gasteiger partial charge in [0.2, 0.25) is 0 Å². The molecule has 7 heteroatoms. The minimum Gasteiger partial charge on any atom is -0.466 e. The monoisotopic (exact) mass is 326 g/mol. The lowest BCUT2D eigenvalue weighted by Gasteiger charge is -2.00. The Morgan fingerprint density at radius 1 is 1.21 bits per heavy atom. The van der Waals surface area contributed by atoms with E-state index in [1.807, 2.05) is 18.2 Å². The summed E-state index contributed by atoms with van der Waals surface area (Å²) >= 11 is 0. The largest absolute Gasteiger partial charge is 0.466 e. The molecule has 0 N–H and O–H groups in total. The lowest BCUT2D eigenvalue weighted by Crippen LogP contribution is -2.07. The molecule has 1 aromatic carbocycles. The van der Waals surface area contributed by atoms with Gasteiger partial charge >= 0.3 is 5.97 Å². The molecule has 3 aromatic rings. The second-order valence-electron chi connectivity index (χ2n) is 4.97. The molecule has 0 saturated carbocycles. The van der Waals surface area contributed by atoms with Crippen molar-refractivity contribution >= 4 is 23.1 Å². The van der Waals surface area contributed by atoms with Gasteiger partial charge in [-0.3, -0.25) is 9.20 Å². The van der Waals surface area contributed by atoms with Crippen molar-refractivity contribution < 1.29 is 13.9 Å². The van der Waals surface area contributed by atoms with Crippen LogP contribution in [0, 0.1) is 5.82 Å². The molecule has 0 aliphatic rings. The van der Waals surface area contributed by atoms with Gasteiger partial charge in [-0.15, -0.1) is 10.2 Å². The van der Waals surface area contributed by atoms with E-state index in [1.54, 1.807) is 19.1 Å². The van der Waals surface area contributed by atoms with E-state index in [-0.39, 0.29) is 13.0 Å². The summed E-state index contributed by atoms with van der Waals surface area (Å²) in [6, 6.07) is 11.9. The van der Waals surface area contributed by atoms with E-state index in [1.165, 1.54) is 22.7 Å². The van der Waals surface area contributed by atoms with Crippen LogP contribution in [0.2, 0.25) is 0 Å². The number of fused-ring (bicyclic) bond motifs is 1. The summed E-state index contributed by atoms with van der Waals surface area (Å²) in [4.78, 5) is 16.1. The number of benzene rings is 1. The zero-order chi connectivity index (χ0) is 16.9. The molecule has 0 spiro atoms. The molecule has 0 aliphatic carbocycles. The first-order valence-corrected chi connectivity index (χ1v) is 7.46. The van der Waals surface area contributed by atoms with E-state index in [0.717, 1.165) is 0 Å². The third kappa shape index (κ3) is 3.45. The zero-order valence-electron chi connectivity index (χ0n) is 13.0. The van der Waals surface area contributed by atoms with Crippen molar-refractivity contribution in [1.82, 2.24) is 9.38 Å². The van der Waals surface area contributed by atoms with Crippen LogP contribution >= 0.6 is 0 Å². The van der Waals surface area contributed by atoms with Crippen LogP contribution in [0.15, 0.2) is 58.9 Å². The molecule has 2 aromatic heterocycles. The summed E-state index contributed by atoms with van der Waals surface area (Å²) in [5, 5.41) is 8.30. The third-order valence-corrected chi connectivity index (χ3v) is 3.26. The van der Waals surface area contributed by atoms with E-state index in [4.69, 9.17) is 4.74 Å². The van der Waals surface area contributed by atoms with Gasteiger partial charge in [-0.25, -0.2) is 9.37 Å². The molecular weight excluding hydrogens is 311 g/mol. The van der Waals surface area contributed by atoms with Gasteiger partial charge in [0.25, 0.3) is 0 Å². The van der Waals surface area contributed by atoms with Crippen molar-refractivity contribution in [2.75, 3.05) is 6.61 Å². The number of carbonyl (C=O) groups excluding carboxylic acids is 1. The average Bonchev–Trinajstić information content (AvgIpc) is 2.90. The minimum atomic E-state index is -0.432. The van der Waals surface area contributed by atoms with Crippen molar-refractivity contribution in [2.45, 2.75) is 13.3 Å². The fourth-order valence-electron chi connectivity index (χ4n) is 2.23. The lowest BCUT2D eigenvalue weighted by molar-refractivity contribution is -0.142. The van der Waals surface area contributed by atoms with Crippen LogP contribution in [-0.2, 0) is 16.0 Å². The number of rotatable bonds is 5. The van der Waals surface area contributed by atoms with Gasteiger partial charge in [0.1, 0.15) is 11.5 Å². The Bertz CT molecular complexity index is 890. The number of hydrogen-bond acceptors (Lipinski definition) is 5. The van der Waals surface area contributed by atoms with Crippen LogP contribution in [0.1, 0.15) is 12.6 Å². The molecule has 0 amide bonds. The van der Waals surface area contributed by atoms with Crippen molar-refractivity contribution in [3.05, 3.63) is 60.2 Å². The normalized spacial score (nSPS) is 11.2. The highest BCUT2D eigenvalue weighted by Crippen LogP contribution is 2.25. The third-order valence-electron chi connectivity index (χ3n) is 3.26. The quantitative estimate of drug-likeness (QED) is 0.526. The first-order chi connectivity index (χ1) is 11.7. The second-order valence-corrected chi connectivity index (χ2v) is 4.97. The molecule has 2 heterocycles. The zero-order valence-corrected chi connectivity index (χ0v) is 13.0. The molecule has 0 bridgehead atoms. The minimum absolute atomic E-state index is 0.0553. The number of ether oxygens (including phenoxy) is 1. The number of halogens is 1. The Morgan fingerprint density at radius 3 is 2.75 bits per heavy atom. The van der Waals surface area contributed by atoms with Gasteiger partial charge in [0.05, 0.1) is 24.4 Å². The van der Waals surface area contributed by atoms with Crippen LogP contribution in [0.25, 0.3) is 5.65 Å². The van der Waals surface area contributed by atoms with Crippen molar-refractivity contribution in [1.29, 1.82) is 0 Å². The summed E-state index contributed by atoms with van der Waals surface area (Å²) in [5.41, 5.74) is 1.52. The van der Waals surface area contributed by atoms with E-state index in [9.17, 15) is 9.18 Å². The molecule has 0 aliphatic heterocycles. The number of pyridine rings is 1. The first-order valence-electron chi connectivity index (χ1n) is 7.46. The molecule has 0 unspecified atom stereocenters. The topological polar surface area (TPSA) is 68.3 Å². The smallest absolute Gasteiger partial charge is 0.312 e. The average molecular weight is 326 g/mol. The number of imidazole rings is 1. The van der Waals surface area contributed by atoms with E-state index in [2.05, 4.69) is 15.2 Å². The maximum absolute atomic E-state index is 13.6. The lowest BCUT2D eigenvalue weighted by atomic mass is 10.3. The second kappa shape index (κ2) is 6.99. The summed E-state index contributed by atoms with van der Waals surface area (Å²) in [7, 11) is 0. The summed E-state index contributed by atoms with van der Waals surface area (Å²) in [6.45, 7) is 2.01. The van der Waals surface area contributed by atoms with E-state index < -0.39 is 11.8 Å². The number of azo groups is 1. The van der Waals surface area contributed by atoms with Gasteiger partial charge in [-0.05, 0) is 31.2 Å². The molecule has 0 saturated heterocycles. The summed E-state index contributed by atoms with van der Waals surface area (Å²) in [6.07, 6.45) is 1.20. The fourth-order valence-corrected chi connectivity index (χ4v) is 2.23. The van der Waals surface area contributed by atoms with Crippen LogP contribution in [0.5, 0.6) is 0 Å². The Labute approximate surface area is 137 Å². The first kappa shape index (κ1) is 15.8. The highest BCUT2D eigenvalue weighted by Gasteiger charge is 2.16. The van der Waals surface area contributed by atoms with Crippen LogP contribution in [-0.4, -0.2) is 22.0 Å². The molecule has 0 atom stereocenters. The molecule has 0 radical (unpaired) electrons. The molecule has 0 fully saturated rings.